The molecule has 1 atom stereocenters. The standard InChI is InChI=1S/C25H30FN5O3/c1-34-21-8-2-18(3-9-21)16-30-12-10-17(11-13-30)15-28-25(33)22-14-23(24(27)32)31(29-22)20-6-4-19(26)5-7-20/h2-9,17,23H,10-16H2,1H3,(H2,27,32)(H,28,33). The van der Waals surface area contributed by atoms with E-state index < -0.39 is 17.8 Å². The van der Waals surface area contributed by atoms with E-state index in [1.165, 1.54) is 34.8 Å². The summed E-state index contributed by atoms with van der Waals surface area (Å²) in [4.78, 5) is 27.1. The third-order valence-electron chi connectivity index (χ3n) is 6.42. The normalized spacial score (nSPS) is 19.1. The SMILES string of the molecule is COc1ccc(CN2CCC(CNC(=O)C3=NN(c4ccc(F)cc4)C(C(N)=O)C3)CC2)cc1. The molecule has 34 heavy (non-hydrogen) atoms. The molecular weight excluding hydrogens is 437 g/mol. The minimum atomic E-state index is -0.771. The van der Waals surface area contributed by atoms with Crippen molar-refractivity contribution in [1.82, 2.24) is 10.2 Å². The average Bonchev–Trinajstić information content (AvgIpc) is 3.30. The number of carbonyl (C=O) groups excluding carboxylic acids is 2. The van der Waals surface area contributed by atoms with E-state index in [1.54, 1.807) is 7.11 Å². The van der Waals surface area contributed by atoms with E-state index in [-0.39, 0.29) is 18.0 Å². The van der Waals surface area contributed by atoms with E-state index in [4.69, 9.17) is 10.5 Å². The minimum Gasteiger partial charge on any atom is -0.497 e. The topological polar surface area (TPSA) is 100 Å². The van der Waals surface area contributed by atoms with Crippen LogP contribution in [0.15, 0.2) is 53.6 Å². The van der Waals surface area contributed by atoms with Gasteiger partial charge in [0, 0.05) is 19.5 Å². The number of ether oxygens (including phenoxy) is 1. The first-order chi connectivity index (χ1) is 16.4. The number of hydrazone groups is 1. The molecule has 8 nitrogen and oxygen atoms in total. The van der Waals surface area contributed by atoms with Crippen LogP contribution in [0.1, 0.15) is 24.8 Å². The van der Waals surface area contributed by atoms with Gasteiger partial charge in [0.25, 0.3) is 5.91 Å². The first-order valence-corrected chi connectivity index (χ1v) is 11.5. The Labute approximate surface area is 198 Å². The molecule has 2 aliphatic rings. The number of piperidine rings is 1. The summed E-state index contributed by atoms with van der Waals surface area (Å²) in [7, 11) is 1.66. The van der Waals surface area contributed by atoms with Gasteiger partial charge in [0.2, 0.25) is 5.91 Å². The van der Waals surface area contributed by atoms with Gasteiger partial charge in [-0.05, 0) is 73.8 Å². The summed E-state index contributed by atoms with van der Waals surface area (Å²) in [5, 5.41) is 8.69. The highest BCUT2D eigenvalue weighted by Gasteiger charge is 2.35. The molecule has 0 aromatic heterocycles. The summed E-state index contributed by atoms with van der Waals surface area (Å²) in [5.74, 6) is -0.0293. The predicted octanol–water partition coefficient (Wildman–Crippen LogP) is 2.28. The zero-order chi connectivity index (χ0) is 24.1. The van der Waals surface area contributed by atoms with Crippen LogP contribution in [0.2, 0.25) is 0 Å². The smallest absolute Gasteiger partial charge is 0.267 e. The third-order valence-corrected chi connectivity index (χ3v) is 6.42. The molecule has 2 aromatic carbocycles. The first kappa shape index (κ1) is 23.7. The Morgan fingerprint density at radius 2 is 1.79 bits per heavy atom. The number of nitrogens with one attached hydrogen (secondary N) is 1. The average molecular weight is 468 g/mol. The number of methoxy groups -OCH3 is 1. The van der Waals surface area contributed by atoms with Crippen LogP contribution in [0.3, 0.4) is 0 Å². The van der Waals surface area contributed by atoms with Crippen molar-refractivity contribution in [2.45, 2.75) is 31.8 Å². The van der Waals surface area contributed by atoms with E-state index >= 15 is 0 Å². The van der Waals surface area contributed by atoms with Gasteiger partial charge in [-0.25, -0.2) is 4.39 Å². The molecule has 0 spiro atoms. The van der Waals surface area contributed by atoms with Crippen LogP contribution >= 0.6 is 0 Å². The molecule has 2 amide bonds. The monoisotopic (exact) mass is 467 g/mol. The van der Waals surface area contributed by atoms with Gasteiger partial charge in [0.05, 0.1) is 12.8 Å². The van der Waals surface area contributed by atoms with Crippen molar-refractivity contribution >= 4 is 23.2 Å². The van der Waals surface area contributed by atoms with Gasteiger partial charge in [-0.3, -0.25) is 19.5 Å². The maximum atomic E-state index is 13.3. The van der Waals surface area contributed by atoms with Crippen molar-refractivity contribution in [3.05, 3.63) is 59.9 Å². The number of halogens is 1. The van der Waals surface area contributed by atoms with E-state index in [2.05, 4.69) is 27.5 Å². The van der Waals surface area contributed by atoms with Crippen molar-refractivity contribution in [1.29, 1.82) is 0 Å². The molecule has 1 fully saturated rings. The molecule has 0 saturated carbocycles. The molecule has 4 rings (SSSR count). The van der Waals surface area contributed by atoms with Crippen molar-refractivity contribution in [3.63, 3.8) is 0 Å². The quantitative estimate of drug-likeness (QED) is 0.621. The largest absolute Gasteiger partial charge is 0.497 e. The Morgan fingerprint density at radius 3 is 2.41 bits per heavy atom. The van der Waals surface area contributed by atoms with Gasteiger partial charge in [-0.2, -0.15) is 5.10 Å². The number of hydrogen-bond donors (Lipinski definition) is 2. The minimum absolute atomic E-state index is 0.124. The molecule has 180 valence electrons. The van der Waals surface area contributed by atoms with Crippen LogP contribution in [0.4, 0.5) is 10.1 Å². The maximum absolute atomic E-state index is 13.3. The summed E-state index contributed by atoms with van der Waals surface area (Å²) in [6, 6.07) is 12.9. The Bertz CT molecular complexity index is 1030. The van der Waals surface area contributed by atoms with E-state index in [0.29, 0.717) is 18.2 Å². The number of rotatable bonds is 8. The summed E-state index contributed by atoms with van der Waals surface area (Å²) >= 11 is 0. The second-order valence-corrected chi connectivity index (χ2v) is 8.77. The van der Waals surface area contributed by atoms with Crippen molar-refractivity contribution in [3.8, 4) is 5.75 Å². The van der Waals surface area contributed by atoms with Gasteiger partial charge in [0.1, 0.15) is 23.3 Å². The molecule has 0 radical (unpaired) electrons. The van der Waals surface area contributed by atoms with E-state index in [9.17, 15) is 14.0 Å². The zero-order valence-electron chi connectivity index (χ0n) is 19.2. The Balaban J connectivity index is 1.27. The molecule has 2 heterocycles. The molecule has 0 aliphatic carbocycles. The van der Waals surface area contributed by atoms with Gasteiger partial charge in [0.15, 0.2) is 0 Å². The zero-order valence-corrected chi connectivity index (χ0v) is 19.2. The van der Waals surface area contributed by atoms with Gasteiger partial charge < -0.3 is 15.8 Å². The molecule has 3 N–H and O–H groups in total. The van der Waals surface area contributed by atoms with Crippen LogP contribution in [-0.4, -0.2) is 55.2 Å². The second kappa shape index (κ2) is 10.6. The lowest BCUT2D eigenvalue weighted by Crippen LogP contribution is -2.41. The highest BCUT2D eigenvalue weighted by molar-refractivity contribution is 6.40. The Morgan fingerprint density at radius 1 is 1.12 bits per heavy atom. The molecule has 9 heteroatoms. The number of primary amides is 1. The Kier molecular flexibility index (Phi) is 7.42. The lowest BCUT2D eigenvalue weighted by atomic mass is 9.96. The number of carbonyl (C=O) groups is 2. The van der Waals surface area contributed by atoms with Crippen LogP contribution < -0.4 is 20.8 Å². The molecule has 2 aliphatic heterocycles. The number of amides is 2. The van der Waals surface area contributed by atoms with Gasteiger partial charge in [-0.1, -0.05) is 12.1 Å². The highest BCUT2D eigenvalue weighted by atomic mass is 19.1. The van der Waals surface area contributed by atoms with Gasteiger partial charge >= 0.3 is 0 Å². The number of nitrogens with two attached hydrogens (primary N) is 1. The molecule has 2 aromatic rings. The van der Waals surface area contributed by atoms with Crippen molar-refractivity contribution in [2.75, 3.05) is 31.8 Å². The van der Waals surface area contributed by atoms with Crippen molar-refractivity contribution < 1.29 is 18.7 Å². The summed E-state index contributed by atoms with van der Waals surface area (Å²) < 4.78 is 18.5. The maximum Gasteiger partial charge on any atom is 0.267 e. The number of hydrogen-bond acceptors (Lipinski definition) is 6. The number of anilines is 1. The number of likely N-dealkylation sites (tertiary alicyclic amines) is 1. The lowest BCUT2D eigenvalue weighted by Gasteiger charge is -2.32. The molecule has 1 unspecified atom stereocenters. The summed E-state index contributed by atoms with van der Waals surface area (Å²) in [6.45, 7) is 3.39. The molecule has 1 saturated heterocycles. The number of nitrogens with zero attached hydrogens (tertiary/aromatic N) is 3. The van der Waals surface area contributed by atoms with Crippen molar-refractivity contribution in [2.24, 2.45) is 16.8 Å². The summed E-state index contributed by atoms with van der Waals surface area (Å²) in [5.41, 5.74) is 7.54. The van der Waals surface area contributed by atoms with Crippen LogP contribution in [-0.2, 0) is 16.1 Å². The lowest BCUT2D eigenvalue weighted by molar-refractivity contribution is -0.119. The fourth-order valence-corrected chi connectivity index (χ4v) is 4.38. The molecular formula is C25H30FN5O3. The highest BCUT2D eigenvalue weighted by Crippen LogP contribution is 2.25. The number of benzene rings is 2. The van der Waals surface area contributed by atoms with Crippen LogP contribution in [0.25, 0.3) is 0 Å². The van der Waals surface area contributed by atoms with Crippen LogP contribution in [0.5, 0.6) is 5.75 Å². The van der Waals surface area contributed by atoms with E-state index in [1.807, 2.05) is 12.1 Å². The molecule has 0 bridgehead atoms. The fraction of sp³-hybridized carbons (Fsp3) is 0.400. The second-order valence-electron chi connectivity index (χ2n) is 8.77. The third kappa shape index (κ3) is 5.72. The summed E-state index contributed by atoms with van der Waals surface area (Å²) in [6.07, 6.45) is 2.11. The Hall–Kier alpha value is -3.46. The predicted molar refractivity (Wildman–Crippen MR) is 128 cm³/mol. The fourth-order valence-electron chi connectivity index (χ4n) is 4.38. The van der Waals surface area contributed by atoms with E-state index in [0.717, 1.165) is 38.2 Å². The van der Waals surface area contributed by atoms with Gasteiger partial charge in [-0.15, -0.1) is 0 Å². The van der Waals surface area contributed by atoms with Crippen LogP contribution in [0, 0.1) is 11.7 Å². The first-order valence-electron chi connectivity index (χ1n) is 11.5.